The molecule has 20 heavy (non-hydrogen) atoms. The lowest BCUT2D eigenvalue weighted by molar-refractivity contribution is -0.119. The molecule has 1 saturated heterocycles. The van der Waals surface area contributed by atoms with Gasteiger partial charge in [0.1, 0.15) is 12.4 Å². The lowest BCUT2D eigenvalue weighted by Gasteiger charge is -2.15. The van der Waals surface area contributed by atoms with E-state index in [1.54, 1.807) is 0 Å². The second kappa shape index (κ2) is 7.26. The number of amides is 1. The van der Waals surface area contributed by atoms with Gasteiger partial charge in [-0.15, -0.1) is 0 Å². The van der Waals surface area contributed by atoms with Gasteiger partial charge in [0.15, 0.2) is 0 Å². The van der Waals surface area contributed by atoms with Gasteiger partial charge in [-0.25, -0.2) is 0 Å². The maximum Gasteiger partial charge on any atom is 0.234 e. The first-order valence-electron chi connectivity index (χ1n) is 6.99. The van der Waals surface area contributed by atoms with E-state index >= 15 is 0 Å². The van der Waals surface area contributed by atoms with Crippen molar-refractivity contribution in [2.45, 2.75) is 32.4 Å². The van der Waals surface area contributed by atoms with E-state index in [0.29, 0.717) is 13.2 Å². The molecule has 0 aromatic heterocycles. The fourth-order valence-corrected chi connectivity index (χ4v) is 2.17. The molecule has 0 spiro atoms. The summed E-state index contributed by atoms with van der Waals surface area (Å²) in [6, 6.07) is 5.96. The van der Waals surface area contributed by atoms with E-state index in [2.05, 4.69) is 5.32 Å². The second-order valence-electron chi connectivity index (χ2n) is 5.04. The molecule has 1 aliphatic rings. The summed E-state index contributed by atoms with van der Waals surface area (Å²) in [4.78, 5) is 11.2. The van der Waals surface area contributed by atoms with Crippen LogP contribution in [0.5, 0.6) is 5.75 Å². The zero-order valence-electron chi connectivity index (χ0n) is 11.9. The molecule has 1 heterocycles. The highest BCUT2D eigenvalue weighted by molar-refractivity contribution is 5.77. The Balaban J connectivity index is 1.97. The topological polar surface area (TPSA) is 73.6 Å². The number of ether oxygens (including phenoxy) is 2. The van der Waals surface area contributed by atoms with E-state index in [9.17, 15) is 4.79 Å². The summed E-state index contributed by atoms with van der Waals surface area (Å²) in [6.45, 7) is 3.82. The number of aryl methyl sites for hydroxylation is 1. The Kier molecular flexibility index (Phi) is 5.38. The normalized spacial score (nSPS) is 18.0. The summed E-state index contributed by atoms with van der Waals surface area (Å²) in [5.74, 6) is 0.633. The van der Waals surface area contributed by atoms with Crippen LogP contribution in [0.15, 0.2) is 18.2 Å². The lowest BCUT2D eigenvalue weighted by atomic mass is 10.1. The SMILES string of the molecule is Cc1ccc(CNC(=O)CN)c(OCC2CCCO2)c1. The van der Waals surface area contributed by atoms with E-state index in [0.717, 1.165) is 36.3 Å². The smallest absolute Gasteiger partial charge is 0.234 e. The molecule has 1 aromatic rings. The standard InChI is InChI=1S/C15H22N2O3/c1-11-4-5-12(9-17-15(18)8-16)14(7-11)20-10-13-3-2-6-19-13/h4-5,7,13H,2-3,6,8-10,16H2,1H3,(H,17,18). The van der Waals surface area contributed by atoms with Crippen LogP contribution in [0.2, 0.25) is 0 Å². The molecule has 1 amide bonds. The van der Waals surface area contributed by atoms with Crippen molar-refractivity contribution in [2.75, 3.05) is 19.8 Å². The maximum atomic E-state index is 11.2. The minimum absolute atomic E-state index is 0.00202. The third-order valence-electron chi connectivity index (χ3n) is 3.33. The fraction of sp³-hybridized carbons (Fsp3) is 0.533. The van der Waals surface area contributed by atoms with Crippen LogP contribution in [0, 0.1) is 6.92 Å². The van der Waals surface area contributed by atoms with Crippen molar-refractivity contribution in [1.29, 1.82) is 0 Å². The minimum atomic E-state index is -0.171. The van der Waals surface area contributed by atoms with Gasteiger partial charge < -0.3 is 20.5 Å². The predicted octanol–water partition coefficient (Wildman–Crippen LogP) is 1.13. The molecular weight excluding hydrogens is 256 g/mol. The van der Waals surface area contributed by atoms with Gasteiger partial charge in [0.25, 0.3) is 0 Å². The zero-order valence-corrected chi connectivity index (χ0v) is 11.9. The highest BCUT2D eigenvalue weighted by Crippen LogP contribution is 2.22. The molecule has 1 fully saturated rings. The van der Waals surface area contributed by atoms with Crippen molar-refractivity contribution in [3.8, 4) is 5.75 Å². The molecule has 1 atom stereocenters. The number of carbonyl (C=O) groups is 1. The van der Waals surface area contributed by atoms with Crippen molar-refractivity contribution >= 4 is 5.91 Å². The van der Waals surface area contributed by atoms with Crippen LogP contribution in [0.4, 0.5) is 0 Å². The van der Waals surface area contributed by atoms with E-state index in [1.807, 2.05) is 25.1 Å². The molecule has 0 radical (unpaired) electrons. The van der Waals surface area contributed by atoms with Gasteiger partial charge in [0, 0.05) is 18.7 Å². The van der Waals surface area contributed by atoms with Crippen LogP contribution < -0.4 is 15.8 Å². The number of rotatable bonds is 6. The molecule has 5 nitrogen and oxygen atoms in total. The number of hydrogen-bond acceptors (Lipinski definition) is 4. The molecule has 3 N–H and O–H groups in total. The van der Waals surface area contributed by atoms with Gasteiger partial charge in [0.2, 0.25) is 5.91 Å². The quantitative estimate of drug-likeness (QED) is 0.818. The molecule has 0 saturated carbocycles. The number of nitrogens with two attached hydrogens (primary N) is 1. The maximum absolute atomic E-state index is 11.2. The number of carbonyl (C=O) groups excluding carboxylic acids is 1. The summed E-state index contributed by atoms with van der Waals surface area (Å²) in [6.07, 6.45) is 2.33. The Labute approximate surface area is 119 Å². The van der Waals surface area contributed by atoms with Crippen molar-refractivity contribution < 1.29 is 14.3 Å². The van der Waals surface area contributed by atoms with Crippen molar-refractivity contribution in [1.82, 2.24) is 5.32 Å². The van der Waals surface area contributed by atoms with Crippen molar-refractivity contribution in [3.63, 3.8) is 0 Å². The second-order valence-corrected chi connectivity index (χ2v) is 5.04. The first-order chi connectivity index (χ1) is 9.69. The molecule has 2 rings (SSSR count). The average Bonchev–Trinajstić information content (AvgIpc) is 2.97. The van der Waals surface area contributed by atoms with Crippen molar-refractivity contribution in [2.24, 2.45) is 5.73 Å². The van der Waals surface area contributed by atoms with Crippen LogP contribution in [0.25, 0.3) is 0 Å². The summed E-state index contributed by atoms with van der Waals surface area (Å²) < 4.78 is 11.4. The fourth-order valence-electron chi connectivity index (χ4n) is 2.17. The molecule has 110 valence electrons. The third kappa shape index (κ3) is 4.21. The summed E-state index contributed by atoms with van der Waals surface area (Å²) in [7, 11) is 0. The Morgan fingerprint density at radius 3 is 3.10 bits per heavy atom. The van der Waals surface area contributed by atoms with Crippen LogP contribution in [0.1, 0.15) is 24.0 Å². The van der Waals surface area contributed by atoms with Crippen molar-refractivity contribution in [3.05, 3.63) is 29.3 Å². The molecule has 0 bridgehead atoms. The molecule has 1 unspecified atom stereocenters. The van der Waals surface area contributed by atoms with Gasteiger partial charge >= 0.3 is 0 Å². The Morgan fingerprint density at radius 1 is 1.55 bits per heavy atom. The van der Waals surface area contributed by atoms with Gasteiger partial charge in [-0.3, -0.25) is 4.79 Å². The predicted molar refractivity (Wildman–Crippen MR) is 76.5 cm³/mol. The lowest BCUT2D eigenvalue weighted by Crippen LogP contribution is -2.30. The number of hydrogen-bond donors (Lipinski definition) is 2. The zero-order chi connectivity index (χ0) is 14.4. The average molecular weight is 278 g/mol. The Bertz CT molecular complexity index is 456. The molecular formula is C15H22N2O3. The summed E-state index contributed by atoms with van der Waals surface area (Å²) in [5.41, 5.74) is 7.36. The van der Waals surface area contributed by atoms with E-state index in [-0.39, 0.29) is 18.6 Å². The van der Waals surface area contributed by atoms with Gasteiger partial charge in [-0.05, 0) is 31.4 Å². The molecule has 1 aliphatic heterocycles. The third-order valence-corrected chi connectivity index (χ3v) is 3.33. The van der Waals surface area contributed by atoms with Crippen LogP contribution in [-0.4, -0.2) is 31.8 Å². The van der Waals surface area contributed by atoms with Crippen LogP contribution in [0.3, 0.4) is 0 Å². The molecule has 1 aromatic carbocycles. The highest BCUT2D eigenvalue weighted by Gasteiger charge is 2.17. The highest BCUT2D eigenvalue weighted by atomic mass is 16.5. The number of benzene rings is 1. The summed E-state index contributed by atoms with van der Waals surface area (Å²) >= 11 is 0. The van der Waals surface area contributed by atoms with Crippen LogP contribution in [-0.2, 0) is 16.1 Å². The van der Waals surface area contributed by atoms with E-state index in [1.165, 1.54) is 0 Å². The minimum Gasteiger partial charge on any atom is -0.491 e. The number of nitrogens with one attached hydrogen (secondary N) is 1. The van der Waals surface area contributed by atoms with Crippen LogP contribution >= 0.6 is 0 Å². The van der Waals surface area contributed by atoms with Gasteiger partial charge in [0.05, 0.1) is 12.6 Å². The first kappa shape index (κ1) is 14.8. The Morgan fingerprint density at radius 2 is 2.40 bits per heavy atom. The van der Waals surface area contributed by atoms with E-state index < -0.39 is 0 Å². The molecule has 5 heteroatoms. The van der Waals surface area contributed by atoms with Gasteiger partial charge in [-0.2, -0.15) is 0 Å². The Hall–Kier alpha value is -1.59. The summed E-state index contributed by atoms with van der Waals surface area (Å²) in [5, 5.41) is 2.76. The van der Waals surface area contributed by atoms with Gasteiger partial charge in [-0.1, -0.05) is 12.1 Å². The first-order valence-corrected chi connectivity index (χ1v) is 6.99. The molecule has 0 aliphatic carbocycles. The monoisotopic (exact) mass is 278 g/mol. The van der Waals surface area contributed by atoms with E-state index in [4.69, 9.17) is 15.2 Å². The largest absolute Gasteiger partial charge is 0.491 e.